The van der Waals surface area contributed by atoms with Gasteiger partial charge in [0.2, 0.25) is 5.25 Å². The van der Waals surface area contributed by atoms with Crippen LogP contribution in [0.5, 0.6) is 0 Å². The zero-order valence-electron chi connectivity index (χ0n) is 15.4. The molecule has 0 saturated carbocycles. The number of carbonyl (C=O) groups excluding carboxylic acids is 1. The van der Waals surface area contributed by atoms with Gasteiger partial charge in [-0.25, -0.2) is 0 Å². The molecule has 29 heavy (non-hydrogen) atoms. The molecule has 1 aliphatic rings. The molecule has 6 heteroatoms. The summed E-state index contributed by atoms with van der Waals surface area (Å²) in [7, 11) is 0. The van der Waals surface area contributed by atoms with E-state index >= 15 is 0 Å². The topological polar surface area (TPSA) is 89.6 Å². The van der Waals surface area contributed by atoms with Crippen molar-refractivity contribution in [1.29, 1.82) is 0 Å². The largest absolute Gasteiger partial charge is 0.480 e. The quantitative estimate of drug-likeness (QED) is 0.277. The van der Waals surface area contributed by atoms with Crippen molar-refractivity contribution >= 4 is 29.4 Å². The van der Waals surface area contributed by atoms with Crippen molar-refractivity contribution in [2.75, 3.05) is 12.3 Å². The summed E-state index contributed by atoms with van der Waals surface area (Å²) in [6, 6.07) is 22.7. The molecule has 1 unspecified atom stereocenters. The molecule has 3 aromatic rings. The Kier molecular flexibility index (Phi) is 5.27. The predicted molar refractivity (Wildman–Crippen MR) is 113 cm³/mol. The normalized spacial score (nSPS) is 13.4. The molecule has 0 bridgehead atoms. The molecule has 0 saturated heterocycles. The first-order chi connectivity index (χ1) is 14.0. The van der Waals surface area contributed by atoms with Crippen LogP contribution in [0.15, 0.2) is 77.7 Å². The molecule has 3 aromatic carbocycles. The summed E-state index contributed by atoms with van der Waals surface area (Å²) in [6.45, 7) is 0.0962. The van der Waals surface area contributed by atoms with Gasteiger partial charge in [-0.05, 0) is 46.5 Å². The summed E-state index contributed by atoms with van der Waals surface area (Å²) in [5, 5.41) is 8.18. The number of ether oxygens (including phenoxy) is 1. The second-order valence-electron chi connectivity index (χ2n) is 6.76. The summed E-state index contributed by atoms with van der Waals surface area (Å²) in [5.74, 6) is -2.10. The molecule has 4 rings (SSSR count). The van der Waals surface area contributed by atoms with Gasteiger partial charge in [0.1, 0.15) is 6.61 Å². The Morgan fingerprint density at radius 1 is 0.931 bits per heavy atom. The fraction of sp³-hybridized carbons (Fsp3) is 0.130. The van der Waals surface area contributed by atoms with E-state index in [1.165, 1.54) is 0 Å². The summed E-state index contributed by atoms with van der Waals surface area (Å²) >= 11 is 0.938. The SMILES string of the molecule is Nc1ccc(SC(C(=O)O)C(=O)OCC2c3ccccc3-c3ccccc32)cc1. The first-order valence-corrected chi connectivity index (χ1v) is 10.0. The molecule has 0 heterocycles. The van der Waals surface area contributed by atoms with E-state index in [1.807, 2.05) is 48.5 Å². The monoisotopic (exact) mass is 405 g/mol. The van der Waals surface area contributed by atoms with Gasteiger partial charge in [-0.2, -0.15) is 0 Å². The molecule has 0 radical (unpaired) electrons. The molecule has 0 amide bonds. The molecular weight excluding hydrogens is 386 g/mol. The van der Waals surface area contributed by atoms with Crippen LogP contribution in [0.4, 0.5) is 5.69 Å². The lowest BCUT2D eigenvalue weighted by atomic mass is 9.98. The summed E-state index contributed by atoms with van der Waals surface area (Å²) in [6.07, 6.45) is 0. The van der Waals surface area contributed by atoms with Crippen molar-refractivity contribution in [1.82, 2.24) is 0 Å². The highest BCUT2D eigenvalue weighted by molar-refractivity contribution is 8.01. The number of hydrogen-bond donors (Lipinski definition) is 2. The highest BCUT2D eigenvalue weighted by Crippen LogP contribution is 2.44. The Balaban J connectivity index is 1.51. The first kappa shape index (κ1) is 19.1. The highest BCUT2D eigenvalue weighted by Gasteiger charge is 2.33. The van der Waals surface area contributed by atoms with Crippen LogP contribution < -0.4 is 5.73 Å². The molecule has 1 atom stereocenters. The zero-order chi connectivity index (χ0) is 20.4. The summed E-state index contributed by atoms with van der Waals surface area (Å²) < 4.78 is 5.49. The van der Waals surface area contributed by atoms with Crippen LogP contribution in [-0.4, -0.2) is 28.9 Å². The lowest BCUT2D eigenvalue weighted by Crippen LogP contribution is -2.29. The number of esters is 1. The average molecular weight is 405 g/mol. The fourth-order valence-corrected chi connectivity index (χ4v) is 4.39. The van der Waals surface area contributed by atoms with Gasteiger partial charge >= 0.3 is 11.9 Å². The number of hydrogen-bond acceptors (Lipinski definition) is 5. The van der Waals surface area contributed by atoms with E-state index in [1.54, 1.807) is 24.3 Å². The predicted octanol–water partition coefficient (Wildman–Crippen LogP) is 4.17. The Bertz CT molecular complexity index is 1020. The van der Waals surface area contributed by atoms with Crippen molar-refractivity contribution in [2.24, 2.45) is 0 Å². The first-order valence-electron chi connectivity index (χ1n) is 9.14. The molecule has 146 valence electrons. The van der Waals surface area contributed by atoms with E-state index in [-0.39, 0.29) is 12.5 Å². The highest BCUT2D eigenvalue weighted by atomic mass is 32.2. The molecule has 0 spiro atoms. The number of carboxylic acid groups (broad SMARTS) is 1. The van der Waals surface area contributed by atoms with Crippen LogP contribution in [0, 0.1) is 0 Å². The van der Waals surface area contributed by atoms with Gasteiger partial charge in [-0.3, -0.25) is 9.59 Å². The maximum atomic E-state index is 12.6. The number of rotatable bonds is 6. The van der Waals surface area contributed by atoms with Gasteiger partial charge in [0, 0.05) is 16.5 Å². The number of carbonyl (C=O) groups is 2. The molecule has 5 nitrogen and oxygen atoms in total. The summed E-state index contributed by atoms with van der Waals surface area (Å²) in [4.78, 5) is 24.9. The van der Waals surface area contributed by atoms with E-state index in [0.717, 1.165) is 34.0 Å². The van der Waals surface area contributed by atoms with Crippen LogP contribution in [0.3, 0.4) is 0 Å². The van der Waals surface area contributed by atoms with Crippen LogP contribution in [0.1, 0.15) is 17.0 Å². The van der Waals surface area contributed by atoms with Gasteiger partial charge < -0.3 is 15.6 Å². The second kappa shape index (κ2) is 8.01. The van der Waals surface area contributed by atoms with E-state index < -0.39 is 17.2 Å². The fourth-order valence-electron chi connectivity index (χ4n) is 3.56. The maximum absolute atomic E-state index is 12.6. The third-order valence-electron chi connectivity index (χ3n) is 4.93. The molecule has 0 aliphatic heterocycles. The van der Waals surface area contributed by atoms with E-state index in [0.29, 0.717) is 10.6 Å². The standard InChI is InChI=1S/C23H19NO4S/c24-14-9-11-15(12-10-14)29-21(22(25)26)23(27)28-13-20-18-7-3-1-5-16(18)17-6-2-4-8-19(17)20/h1-12,20-21H,13,24H2,(H,25,26). The van der Waals surface area contributed by atoms with Gasteiger partial charge in [0.25, 0.3) is 0 Å². The third-order valence-corrected chi connectivity index (χ3v) is 6.10. The van der Waals surface area contributed by atoms with E-state index in [4.69, 9.17) is 10.5 Å². The second-order valence-corrected chi connectivity index (χ2v) is 7.94. The Hall–Kier alpha value is -3.25. The van der Waals surface area contributed by atoms with Crippen molar-refractivity contribution < 1.29 is 19.4 Å². The number of aliphatic carboxylic acids is 1. The maximum Gasteiger partial charge on any atom is 0.331 e. The zero-order valence-corrected chi connectivity index (χ0v) is 16.3. The molecule has 1 aliphatic carbocycles. The van der Waals surface area contributed by atoms with Gasteiger partial charge in [0.05, 0.1) is 0 Å². The van der Waals surface area contributed by atoms with Gasteiger partial charge in [0.15, 0.2) is 0 Å². The minimum atomic E-state index is -1.34. The van der Waals surface area contributed by atoms with Gasteiger partial charge in [-0.1, -0.05) is 60.3 Å². The van der Waals surface area contributed by atoms with E-state index in [9.17, 15) is 14.7 Å². The van der Waals surface area contributed by atoms with Crippen LogP contribution >= 0.6 is 11.8 Å². The number of nitrogen functional groups attached to an aromatic ring is 1. The number of fused-ring (bicyclic) bond motifs is 3. The molecule has 3 N–H and O–H groups in total. The number of anilines is 1. The Labute approximate surface area is 172 Å². The van der Waals surface area contributed by atoms with Crippen molar-refractivity contribution in [3.8, 4) is 11.1 Å². The number of thioether (sulfide) groups is 1. The van der Waals surface area contributed by atoms with Crippen LogP contribution in [0.2, 0.25) is 0 Å². The molecule has 0 fully saturated rings. The molecular formula is C23H19NO4S. The minimum absolute atomic E-state index is 0.0962. The van der Waals surface area contributed by atoms with E-state index in [2.05, 4.69) is 0 Å². The lowest BCUT2D eigenvalue weighted by Gasteiger charge is -2.16. The van der Waals surface area contributed by atoms with Gasteiger partial charge in [-0.15, -0.1) is 0 Å². The third kappa shape index (κ3) is 3.84. The van der Waals surface area contributed by atoms with Crippen molar-refractivity contribution in [3.63, 3.8) is 0 Å². The molecule has 0 aromatic heterocycles. The lowest BCUT2D eigenvalue weighted by molar-refractivity contribution is -0.150. The Morgan fingerprint density at radius 3 is 2.03 bits per heavy atom. The number of nitrogens with two attached hydrogens (primary N) is 1. The van der Waals surface area contributed by atoms with Crippen molar-refractivity contribution in [3.05, 3.63) is 83.9 Å². The number of carboxylic acids is 1. The smallest absolute Gasteiger partial charge is 0.331 e. The summed E-state index contributed by atoms with van der Waals surface area (Å²) in [5.41, 5.74) is 10.6. The minimum Gasteiger partial charge on any atom is -0.480 e. The van der Waals surface area contributed by atoms with Crippen LogP contribution in [0.25, 0.3) is 11.1 Å². The average Bonchev–Trinajstić information content (AvgIpc) is 3.05. The Morgan fingerprint density at radius 2 is 1.48 bits per heavy atom. The number of benzene rings is 3. The van der Waals surface area contributed by atoms with Crippen molar-refractivity contribution in [2.45, 2.75) is 16.1 Å². The van der Waals surface area contributed by atoms with Crippen LogP contribution in [-0.2, 0) is 14.3 Å².